The highest BCUT2D eigenvalue weighted by molar-refractivity contribution is 5.48. The minimum Gasteiger partial charge on any atom is -0.371 e. The molecule has 1 N–H and O–H groups in total. The maximum atomic E-state index is 3.20. The second-order valence-electron chi connectivity index (χ2n) is 6.39. The fraction of sp³-hybridized carbons (Fsp3) is 0.647. The standard InChI is InChI=1S/C17H26N2/c1-18-14-15-4-6-16(7-5-15)19-12-10-17(11-13-19)8-2-3-9-17/h4-7,18H,2-3,8-14H2,1H3. The Morgan fingerprint density at radius 2 is 1.63 bits per heavy atom. The third-order valence-corrected chi connectivity index (χ3v) is 5.17. The van der Waals surface area contributed by atoms with Gasteiger partial charge in [-0.2, -0.15) is 0 Å². The van der Waals surface area contributed by atoms with Crippen LogP contribution >= 0.6 is 0 Å². The second-order valence-corrected chi connectivity index (χ2v) is 6.39. The van der Waals surface area contributed by atoms with Crippen molar-refractivity contribution >= 4 is 5.69 Å². The Labute approximate surface area is 117 Å². The van der Waals surface area contributed by atoms with Crippen LogP contribution in [0.3, 0.4) is 0 Å². The summed E-state index contributed by atoms with van der Waals surface area (Å²) in [6, 6.07) is 9.09. The predicted octanol–water partition coefficient (Wildman–Crippen LogP) is 3.57. The maximum Gasteiger partial charge on any atom is 0.0366 e. The fourth-order valence-electron chi connectivity index (χ4n) is 3.89. The van der Waals surface area contributed by atoms with Crippen LogP contribution in [-0.4, -0.2) is 20.1 Å². The molecule has 2 aliphatic rings. The molecule has 1 heterocycles. The van der Waals surface area contributed by atoms with Gasteiger partial charge in [0.2, 0.25) is 0 Å². The average Bonchev–Trinajstić information content (AvgIpc) is 2.90. The van der Waals surface area contributed by atoms with Crippen molar-refractivity contribution in [3.8, 4) is 0 Å². The zero-order chi connectivity index (χ0) is 13.1. The van der Waals surface area contributed by atoms with Crippen LogP contribution in [0.1, 0.15) is 44.1 Å². The lowest BCUT2D eigenvalue weighted by Gasteiger charge is -2.40. The first-order chi connectivity index (χ1) is 9.31. The van der Waals surface area contributed by atoms with Gasteiger partial charge in [-0.3, -0.25) is 0 Å². The molecular weight excluding hydrogens is 232 g/mol. The molecular formula is C17H26N2. The van der Waals surface area contributed by atoms with Crippen molar-refractivity contribution in [2.75, 3.05) is 25.0 Å². The van der Waals surface area contributed by atoms with E-state index in [4.69, 9.17) is 0 Å². The Morgan fingerprint density at radius 3 is 2.21 bits per heavy atom. The van der Waals surface area contributed by atoms with Gasteiger partial charge >= 0.3 is 0 Å². The molecule has 19 heavy (non-hydrogen) atoms. The van der Waals surface area contributed by atoms with E-state index in [-0.39, 0.29) is 0 Å². The SMILES string of the molecule is CNCc1ccc(N2CCC3(CCCC3)CC2)cc1. The summed E-state index contributed by atoms with van der Waals surface area (Å²) in [5, 5.41) is 3.20. The molecule has 2 heteroatoms. The number of rotatable bonds is 3. The van der Waals surface area contributed by atoms with Gasteiger partial charge in [0.05, 0.1) is 0 Å². The lowest BCUT2D eigenvalue weighted by Crippen LogP contribution is -2.38. The summed E-state index contributed by atoms with van der Waals surface area (Å²) in [6.45, 7) is 3.47. The third-order valence-electron chi connectivity index (χ3n) is 5.17. The highest BCUT2D eigenvalue weighted by atomic mass is 15.1. The van der Waals surface area contributed by atoms with Crippen molar-refractivity contribution in [2.24, 2.45) is 5.41 Å². The van der Waals surface area contributed by atoms with E-state index < -0.39 is 0 Å². The number of nitrogens with zero attached hydrogens (tertiary/aromatic N) is 1. The summed E-state index contributed by atoms with van der Waals surface area (Å²) >= 11 is 0. The van der Waals surface area contributed by atoms with E-state index in [0.717, 1.165) is 12.0 Å². The molecule has 2 nitrogen and oxygen atoms in total. The molecule has 1 spiro atoms. The van der Waals surface area contributed by atoms with Crippen LogP contribution in [-0.2, 0) is 6.54 Å². The maximum absolute atomic E-state index is 3.20. The van der Waals surface area contributed by atoms with Gasteiger partial charge in [-0.1, -0.05) is 25.0 Å². The Morgan fingerprint density at radius 1 is 1.00 bits per heavy atom. The molecule has 1 saturated heterocycles. The number of benzene rings is 1. The first-order valence-electron chi connectivity index (χ1n) is 7.80. The third kappa shape index (κ3) is 2.79. The molecule has 1 aliphatic heterocycles. The molecule has 1 aromatic rings. The topological polar surface area (TPSA) is 15.3 Å². The van der Waals surface area contributed by atoms with Crippen molar-refractivity contribution in [3.05, 3.63) is 29.8 Å². The van der Waals surface area contributed by atoms with Gasteiger partial charge in [0, 0.05) is 25.3 Å². The van der Waals surface area contributed by atoms with Crippen LogP contribution in [0.5, 0.6) is 0 Å². The highest BCUT2D eigenvalue weighted by Gasteiger charge is 2.36. The Bertz CT molecular complexity index is 394. The Hall–Kier alpha value is -1.02. The van der Waals surface area contributed by atoms with Crippen molar-refractivity contribution in [3.63, 3.8) is 0 Å². The lowest BCUT2D eigenvalue weighted by molar-refractivity contribution is 0.226. The fourth-order valence-corrected chi connectivity index (χ4v) is 3.89. The van der Waals surface area contributed by atoms with Crippen LogP contribution in [0.2, 0.25) is 0 Å². The van der Waals surface area contributed by atoms with Crippen LogP contribution in [0.15, 0.2) is 24.3 Å². The first kappa shape index (κ1) is 13.0. The number of hydrogen-bond acceptors (Lipinski definition) is 2. The van der Waals surface area contributed by atoms with Crippen LogP contribution in [0, 0.1) is 5.41 Å². The molecule has 0 radical (unpaired) electrons. The molecule has 1 saturated carbocycles. The van der Waals surface area contributed by atoms with E-state index in [2.05, 4.69) is 34.5 Å². The largest absolute Gasteiger partial charge is 0.371 e. The normalized spacial score (nSPS) is 22.1. The molecule has 104 valence electrons. The molecule has 0 unspecified atom stereocenters. The van der Waals surface area contributed by atoms with Gasteiger partial charge in [-0.25, -0.2) is 0 Å². The Balaban J connectivity index is 1.61. The zero-order valence-corrected chi connectivity index (χ0v) is 12.1. The van der Waals surface area contributed by atoms with E-state index in [1.807, 2.05) is 7.05 Å². The van der Waals surface area contributed by atoms with Crippen molar-refractivity contribution in [1.29, 1.82) is 0 Å². The Kier molecular flexibility index (Phi) is 3.79. The lowest BCUT2D eigenvalue weighted by atomic mass is 9.77. The van der Waals surface area contributed by atoms with Gasteiger partial charge < -0.3 is 10.2 Å². The minimum atomic E-state index is 0.725. The molecule has 1 aliphatic carbocycles. The summed E-state index contributed by atoms with van der Waals surface area (Å²) in [4.78, 5) is 2.58. The highest BCUT2D eigenvalue weighted by Crippen LogP contribution is 2.46. The molecule has 3 rings (SSSR count). The summed E-state index contributed by atoms with van der Waals surface area (Å²) in [7, 11) is 2.00. The summed E-state index contributed by atoms with van der Waals surface area (Å²) in [6.07, 6.45) is 8.73. The van der Waals surface area contributed by atoms with Gasteiger partial charge in [0.1, 0.15) is 0 Å². The summed E-state index contributed by atoms with van der Waals surface area (Å²) in [5.74, 6) is 0. The number of anilines is 1. The smallest absolute Gasteiger partial charge is 0.0366 e. The van der Waals surface area contributed by atoms with Gasteiger partial charge in [-0.15, -0.1) is 0 Å². The number of nitrogens with one attached hydrogen (secondary N) is 1. The first-order valence-corrected chi connectivity index (χ1v) is 7.80. The monoisotopic (exact) mass is 258 g/mol. The molecule has 0 amide bonds. The molecule has 0 bridgehead atoms. The van der Waals surface area contributed by atoms with Crippen molar-refractivity contribution < 1.29 is 0 Å². The molecule has 0 aromatic heterocycles. The number of hydrogen-bond donors (Lipinski definition) is 1. The van der Waals surface area contributed by atoms with E-state index in [9.17, 15) is 0 Å². The van der Waals surface area contributed by atoms with E-state index in [1.54, 1.807) is 0 Å². The van der Waals surface area contributed by atoms with Crippen LogP contribution in [0.4, 0.5) is 5.69 Å². The molecule has 2 fully saturated rings. The molecule has 0 atom stereocenters. The van der Waals surface area contributed by atoms with E-state index >= 15 is 0 Å². The summed E-state index contributed by atoms with van der Waals surface area (Å²) in [5.41, 5.74) is 3.51. The van der Waals surface area contributed by atoms with E-state index in [0.29, 0.717) is 0 Å². The molecule has 1 aromatic carbocycles. The van der Waals surface area contributed by atoms with Crippen LogP contribution < -0.4 is 10.2 Å². The van der Waals surface area contributed by atoms with E-state index in [1.165, 1.54) is 62.9 Å². The van der Waals surface area contributed by atoms with Gasteiger partial charge in [0.15, 0.2) is 0 Å². The quantitative estimate of drug-likeness (QED) is 0.891. The van der Waals surface area contributed by atoms with Gasteiger partial charge in [0.25, 0.3) is 0 Å². The second kappa shape index (κ2) is 5.54. The average molecular weight is 258 g/mol. The van der Waals surface area contributed by atoms with Crippen molar-refractivity contribution in [1.82, 2.24) is 5.32 Å². The minimum absolute atomic E-state index is 0.725. The van der Waals surface area contributed by atoms with Crippen LogP contribution in [0.25, 0.3) is 0 Å². The van der Waals surface area contributed by atoms with Gasteiger partial charge in [-0.05, 0) is 55.8 Å². The zero-order valence-electron chi connectivity index (χ0n) is 12.1. The summed E-state index contributed by atoms with van der Waals surface area (Å²) < 4.78 is 0. The number of piperidine rings is 1. The predicted molar refractivity (Wildman–Crippen MR) is 81.6 cm³/mol. The van der Waals surface area contributed by atoms with Crippen molar-refractivity contribution in [2.45, 2.75) is 45.1 Å².